The van der Waals surface area contributed by atoms with Gasteiger partial charge in [0.1, 0.15) is 13.2 Å². The fourth-order valence-corrected chi connectivity index (χ4v) is 10.4. The van der Waals surface area contributed by atoms with Gasteiger partial charge >= 0.3 is 0 Å². The van der Waals surface area contributed by atoms with Gasteiger partial charge in [0.2, 0.25) is 5.91 Å². The number of likely N-dealkylation sites (N-methyl/N-ethyl adjacent to an activating group) is 1. The van der Waals surface area contributed by atoms with E-state index in [-0.39, 0.29) is 12.5 Å². The molecule has 0 aromatic rings. The Morgan fingerprint density at radius 1 is 0.424 bits per heavy atom. The highest BCUT2D eigenvalue weighted by Gasteiger charge is 2.23. The van der Waals surface area contributed by atoms with Crippen LogP contribution in [0.4, 0.5) is 0 Å². The van der Waals surface area contributed by atoms with Crippen LogP contribution in [-0.4, -0.2) is 68.5 Å². The van der Waals surface area contributed by atoms with Crippen LogP contribution in [0.2, 0.25) is 0 Å². The summed E-state index contributed by atoms with van der Waals surface area (Å²) in [6, 6.07) is -0.919. The highest BCUT2D eigenvalue weighted by Crippen LogP contribution is 2.38. The predicted octanol–water partition coefficient (Wildman–Crippen LogP) is 22.0. The van der Waals surface area contributed by atoms with Crippen LogP contribution < -0.4 is 10.2 Å². The molecule has 0 aromatic heterocycles. The lowest BCUT2D eigenvalue weighted by Crippen LogP contribution is -2.45. The summed E-state index contributed by atoms with van der Waals surface area (Å²) < 4.78 is 23.4. The van der Waals surface area contributed by atoms with Gasteiger partial charge in [0.05, 0.1) is 39.9 Å². The van der Waals surface area contributed by atoms with E-state index in [9.17, 15) is 19.4 Å². The van der Waals surface area contributed by atoms with E-state index in [1.165, 1.54) is 173 Å². The molecule has 3 atom stereocenters. The number of nitrogens with one attached hydrogen (secondary N) is 1. The molecule has 0 fully saturated rings. The molecule has 0 heterocycles. The first-order chi connectivity index (χ1) is 41.5. The van der Waals surface area contributed by atoms with Gasteiger partial charge in [-0.25, -0.2) is 0 Å². The third-order valence-electron chi connectivity index (χ3n) is 15.1. The first-order valence-corrected chi connectivity index (χ1v) is 36.5. The van der Waals surface area contributed by atoms with Crippen molar-refractivity contribution in [2.24, 2.45) is 0 Å². The molecule has 2 N–H and O–H groups in total. The van der Waals surface area contributed by atoms with Crippen molar-refractivity contribution in [1.82, 2.24) is 5.32 Å². The predicted molar refractivity (Wildman–Crippen MR) is 371 cm³/mol. The van der Waals surface area contributed by atoms with E-state index in [0.29, 0.717) is 17.4 Å². The van der Waals surface area contributed by atoms with Crippen LogP contribution in [0.1, 0.15) is 290 Å². The maximum Gasteiger partial charge on any atom is 0.268 e. The van der Waals surface area contributed by atoms with Crippen LogP contribution >= 0.6 is 7.82 Å². The number of phosphoric acid groups is 1. The Balaban J connectivity index is 4.13. The Kier molecular flexibility index (Phi) is 62.5. The van der Waals surface area contributed by atoms with E-state index in [4.69, 9.17) is 9.05 Å². The normalized spacial score (nSPS) is 14.5. The standard InChI is InChI=1S/C76H133N2O6P/c1-6-8-10-12-14-16-18-20-22-24-26-28-30-32-33-34-35-36-37-38-39-40-41-42-43-44-45-46-48-50-52-54-56-58-60-62-64-66-68-70-76(80)77-74(73-84-85(81,82)83-72-71-78(3,4)5)75(79)69-67-65-63-61-59-57-55-53-51-49-47-31-29-27-25-23-21-19-17-15-13-11-9-7-2/h8,10,14,16,20,22,26,28,32-33,35-36,38-39,41-42,51,53,59,61,67,69,74-75,79H,6-7,9,11-13,15,17-19,21,23-25,27,29-31,34,37,40,43-50,52,54-58,60,62-66,68,70-73H2,1-5H3,(H-,77,80,81,82)/b10-8-,16-14-,22-20-,28-26-,33-32-,36-35-,39-38-,42-41-,53-51+,61-59+,69-67+. The van der Waals surface area contributed by atoms with E-state index in [1.807, 2.05) is 27.2 Å². The smallest absolute Gasteiger partial charge is 0.268 e. The number of hydrogen-bond acceptors (Lipinski definition) is 6. The molecule has 0 radical (unpaired) electrons. The summed E-state index contributed by atoms with van der Waals surface area (Å²) in [4.78, 5) is 25.6. The number of hydrogen-bond donors (Lipinski definition) is 2. The number of phosphoric ester groups is 1. The summed E-state index contributed by atoms with van der Waals surface area (Å²) in [7, 11) is 1.23. The van der Waals surface area contributed by atoms with Crippen LogP contribution in [0.15, 0.2) is 134 Å². The number of carbonyl (C=O) groups excluding carboxylic acids is 1. The lowest BCUT2D eigenvalue weighted by atomic mass is 10.0. The number of quaternary nitrogens is 1. The minimum atomic E-state index is -4.62. The number of nitrogens with zero attached hydrogens (tertiary/aromatic N) is 1. The Labute approximate surface area is 526 Å². The third-order valence-corrected chi connectivity index (χ3v) is 16.0. The fourth-order valence-electron chi connectivity index (χ4n) is 9.67. The summed E-state index contributed by atoms with van der Waals surface area (Å²) in [6.45, 7) is 4.52. The largest absolute Gasteiger partial charge is 0.756 e. The molecular weight excluding hydrogens is 1070 g/mol. The van der Waals surface area contributed by atoms with Gasteiger partial charge in [0, 0.05) is 6.42 Å². The van der Waals surface area contributed by atoms with Crippen molar-refractivity contribution in [1.29, 1.82) is 0 Å². The van der Waals surface area contributed by atoms with E-state index in [0.717, 1.165) is 96.3 Å². The maximum atomic E-state index is 13.0. The minimum Gasteiger partial charge on any atom is -0.756 e. The molecule has 3 unspecified atom stereocenters. The van der Waals surface area contributed by atoms with E-state index < -0.39 is 26.6 Å². The number of aliphatic hydroxyl groups excluding tert-OH is 1. The number of carbonyl (C=O) groups is 1. The lowest BCUT2D eigenvalue weighted by Gasteiger charge is -2.29. The van der Waals surface area contributed by atoms with E-state index in [1.54, 1.807) is 6.08 Å². The molecule has 8 nitrogen and oxygen atoms in total. The van der Waals surface area contributed by atoms with Gasteiger partial charge in [0.25, 0.3) is 7.82 Å². The number of amides is 1. The second kappa shape index (κ2) is 65.1. The molecule has 488 valence electrons. The lowest BCUT2D eigenvalue weighted by molar-refractivity contribution is -0.870. The molecule has 0 aromatic carbocycles. The first kappa shape index (κ1) is 81.6. The van der Waals surface area contributed by atoms with Gasteiger partial charge in [-0.1, -0.05) is 308 Å². The highest BCUT2D eigenvalue weighted by molar-refractivity contribution is 7.45. The van der Waals surface area contributed by atoms with Crippen LogP contribution in [0, 0.1) is 0 Å². The monoisotopic (exact) mass is 1200 g/mol. The summed E-state index contributed by atoms with van der Waals surface area (Å²) >= 11 is 0. The first-order valence-electron chi connectivity index (χ1n) is 35.0. The molecule has 9 heteroatoms. The Hall–Kier alpha value is -3.36. The number of rotatable bonds is 63. The zero-order valence-corrected chi connectivity index (χ0v) is 56.7. The number of allylic oxidation sites excluding steroid dienone is 21. The van der Waals surface area contributed by atoms with Gasteiger partial charge in [-0.3, -0.25) is 9.36 Å². The molecule has 1 amide bonds. The zero-order valence-electron chi connectivity index (χ0n) is 55.8. The van der Waals surface area contributed by atoms with Gasteiger partial charge in [0.15, 0.2) is 0 Å². The maximum absolute atomic E-state index is 13.0. The van der Waals surface area contributed by atoms with Crippen LogP contribution in [0.5, 0.6) is 0 Å². The average Bonchev–Trinajstić information content (AvgIpc) is 3.49. The van der Waals surface area contributed by atoms with Gasteiger partial charge < -0.3 is 28.8 Å². The van der Waals surface area contributed by atoms with Crippen molar-refractivity contribution >= 4 is 13.7 Å². The molecule has 0 saturated carbocycles. The van der Waals surface area contributed by atoms with Gasteiger partial charge in [-0.2, -0.15) is 0 Å². The van der Waals surface area contributed by atoms with Gasteiger partial charge in [-0.15, -0.1) is 0 Å². The summed E-state index contributed by atoms with van der Waals surface area (Å²) in [5.74, 6) is -0.214. The topological polar surface area (TPSA) is 108 Å². The van der Waals surface area contributed by atoms with Crippen LogP contribution in [0.3, 0.4) is 0 Å². The molecule has 0 aliphatic carbocycles. The molecular formula is C76H133N2O6P. The second-order valence-corrected chi connectivity index (χ2v) is 25.9. The van der Waals surface area contributed by atoms with Crippen molar-refractivity contribution in [2.75, 3.05) is 40.9 Å². The number of unbranched alkanes of at least 4 members (excludes halogenated alkanes) is 30. The molecule has 0 saturated heterocycles. The zero-order chi connectivity index (χ0) is 61.9. The molecule has 0 aliphatic rings. The molecule has 0 spiro atoms. The molecule has 0 bridgehead atoms. The molecule has 85 heavy (non-hydrogen) atoms. The fraction of sp³-hybridized carbons (Fsp3) is 0.697. The van der Waals surface area contributed by atoms with Crippen LogP contribution in [-0.2, 0) is 18.4 Å². The van der Waals surface area contributed by atoms with Crippen LogP contribution in [0.25, 0.3) is 0 Å². The highest BCUT2D eigenvalue weighted by atomic mass is 31.2. The summed E-state index contributed by atoms with van der Waals surface area (Å²) in [5, 5.41) is 13.9. The number of aliphatic hydroxyl groups is 1. The Morgan fingerprint density at radius 3 is 1.09 bits per heavy atom. The third kappa shape index (κ3) is 68.0. The summed E-state index contributed by atoms with van der Waals surface area (Å²) in [6.07, 6.45) is 98.6. The SMILES string of the molecule is CC/C=C\C/C=C\C/C=C\C/C=C\C/C=C\C/C=C\C/C=C\C/C=C\CCCCCCCCCCCCCCCCC(=O)NC(COP(=O)([O-])OCC[N+](C)(C)C)C(O)/C=C/CC/C=C/CC/C=C/CCCCCCCCCCCCCCCC. The quantitative estimate of drug-likeness (QED) is 0.0272. The van der Waals surface area contributed by atoms with Crippen molar-refractivity contribution < 1.29 is 32.9 Å². The second-order valence-electron chi connectivity index (χ2n) is 24.5. The Morgan fingerprint density at radius 2 is 0.729 bits per heavy atom. The molecule has 0 aliphatic heterocycles. The summed E-state index contributed by atoms with van der Waals surface area (Å²) in [5.41, 5.74) is 0. The van der Waals surface area contributed by atoms with Crippen molar-refractivity contribution in [2.45, 2.75) is 302 Å². The van der Waals surface area contributed by atoms with E-state index >= 15 is 0 Å². The van der Waals surface area contributed by atoms with Crippen molar-refractivity contribution in [3.05, 3.63) is 134 Å². The minimum absolute atomic E-state index is 0.0140. The van der Waals surface area contributed by atoms with Crippen molar-refractivity contribution in [3.63, 3.8) is 0 Å². The van der Waals surface area contributed by atoms with Crippen molar-refractivity contribution in [3.8, 4) is 0 Å². The average molecular weight is 1200 g/mol. The van der Waals surface area contributed by atoms with E-state index in [2.05, 4.69) is 141 Å². The molecule has 0 rings (SSSR count). The van der Waals surface area contributed by atoms with Gasteiger partial charge in [-0.05, 0) is 109 Å². The Bertz CT molecular complexity index is 1850.